The Kier molecular flexibility index (Phi) is 6.77. The topological polar surface area (TPSA) is 67.4 Å². The standard InChI is InChI=1S/C22H34N4O3/c1-23-21(24-10-7-18-5-6-19-20(15-18)29-17-28-19)25-16-22(8-3-2-4-9-22)26-11-13-27-14-12-26/h5-6,15H,2-4,7-14,16-17H2,1H3,(H2,23,24,25). The fraction of sp³-hybridized carbons (Fsp3) is 0.682. The number of hydrogen-bond donors (Lipinski definition) is 2. The van der Waals surface area contributed by atoms with Gasteiger partial charge in [-0.1, -0.05) is 25.3 Å². The molecule has 0 radical (unpaired) electrons. The van der Waals surface area contributed by atoms with Crippen LogP contribution in [0.5, 0.6) is 11.5 Å². The van der Waals surface area contributed by atoms with Gasteiger partial charge >= 0.3 is 0 Å². The van der Waals surface area contributed by atoms with Crippen LogP contribution in [-0.4, -0.2) is 69.6 Å². The van der Waals surface area contributed by atoms with Crippen molar-refractivity contribution in [3.8, 4) is 11.5 Å². The van der Waals surface area contributed by atoms with E-state index in [0.29, 0.717) is 6.79 Å². The fourth-order valence-electron chi connectivity index (χ4n) is 4.74. The lowest BCUT2D eigenvalue weighted by Gasteiger charge is -2.48. The number of guanidine groups is 1. The average molecular weight is 403 g/mol. The van der Waals surface area contributed by atoms with E-state index in [9.17, 15) is 0 Å². The number of morpholine rings is 1. The molecule has 1 saturated heterocycles. The maximum atomic E-state index is 5.59. The molecule has 0 bridgehead atoms. The maximum Gasteiger partial charge on any atom is 0.231 e. The summed E-state index contributed by atoms with van der Waals surface area (Å²) in [5.74, 6) is 2.55. The summed E-state index contributed by atoms with van der Waals surface area (Å²) in [6, 6.07) is 6.15. The van der Waals surface area contributed by atoms with Gasteiger partial charge in [0.2, 0.25) is 6.79 Å². The van der Waals surface area contributed by atoms with Crippen molar-refractivity contribution in [1.29, 1.82) is 0 Å². The number of nitrogens with one attached hydrogen (secondary N) is 2. The van der Waals surface area contributed by atoms with Crippen molar-refractivity contribution in [2.75, 3.05) is 53.2 Å². The molecule has 160 valence electrons. The van der Waals surface area contributed by atoms with Gasteiger partial charge in [0.05, 0.1) is 13.2 Å². The molecule has 1 saturated carbocycles. The molecular formula is C22H34N4O3. The van der Waals surface area contributed by atoms with Crippen molar-refractivity contribution in [1.82, 2.24) is 15.5 Å². The Morgan fingerprint density at radius 3 is 2.66 bits per heavy atom. The van der Waals surface area contributed by atoms with Crippen molar-refractivity contribution in [3.63, 3.8) is 0 Å². The van der Waals surface area contributed by atoms with Crippen molar-refractivity contribution in [2.45, 2.75) is 44.1 Å². The highest BCUT2D eigenvalue weighted by molar-refractivity contribution is 5.79. The molecule has 0 atom stereocenters. The minimum atomic E-state index is 0.233. The highest BCUT2D eigenvalue weighted by Crippen LogP contribution is 2.34. The third-order valence-corrected chi connectivity index (χ3v) is 6.42. The Balaban J connectivity index is 1.28. The first-order chi connectivity index (χ1) is 14.3. The van der Waals surface area contributed by atoms with Crippen molar-refractivity contribution in [3.05, 3.63) is 23.8 Å². The van der Waals surface area contributed by atoms with E-state index in [0.717, 1.165) is 63.3 Å². The first-order valence-corrected chi connectivity index (χ1v) is 10.9. The highest BCUT2D eigenvalue weighted by Gasteiger charge is 2.38. The first-order valence-electron chi connectivity index (χ1n) is 10.9. The van der Waals surface area contributed by atoms with Crippen LogP contribution in [0.4, 0.5) is 0 Å². The van der Waals surface area contributed by atoms with Crippen molar-refractivity contribution in [2.24, 2.45) is 4.99 Å². The van der Waals surface area contributed by atoms with Crippen LogP contribution < -0.4 is 20.1 Å². The van der Waals surface area contributed by atoms with Crippen LogP contribution in [0.3, 0.4) is 0 Å². The summed E-state index contributed by atoms with van der Waals surface area (Å²) in [5.41, 5.74) is 1.46. The molecule has 4 rings (SSSR count). The highest BCUT2D eigenvalue weighted by atomic mass is 16.7. The molecule has 0 unspecified atom stereocenters. The van der Waals surface area contributed by atoms with Crippen LogP contribution in [0.15, 0.2) is 23.2 Å². The SMILES string of the molecule is CN=C(NCCc1ccc2c(c1)OCO2)NCC1(N2CCOCC2)CCCCC1. The Labute approximate surface area is 173 Å². The molecule has 29 heavy (non-hydrogen) atoms. The molecule has 0 aromatic heterocycles. The number of hydrogen-bond acceptors (Lipinski definition) is 5. The molecule has 7 nitrogen and oxygen atoms in total. The summed E-state index contributed by atoms with van der Waals surface area (Å²) in [6.45, 7) is 5.86. The third kappa shape index (κ3) is 4.95. The van der Waals surface area contributed by atoms with E-state index in [4.69, 9.17) is 14.2 Å². The fourth-order valence-corrected chi connectivity index (χ4v) is 4.74. The second kappa shape index (κ2) is 9.67. The van der Waals surface area contributed by atoms with Crippen LogP contribution in [0, 0.1) is 0 Å². The number of ether oxygens (including phenoxy) is 3. The Morgan fingerprint density at radius 1 is 1.07 bits per heavy atom. The molecule has 1 aromatic carbocycles. The van der Waals surface area contributed by atoms with Crippen LogP contribution in [0.25, 0.3) is 0 Å². The molecule has 7 heteroatoms. The zero-order valence-corrected chi connectivity index (χ0v) is 17.5. The van der Waals surface area contributed by atoms with Gasteiger partial charge in [0.1, 0.15) is 0 Å². The minimum Gasteiger partial charge on any atom is -0.454 e. The Morgan fingerprint density at radius 2 is 1.86 bits per heavy atom. The minimum absolute atomic E-state index is 0.233. The monoisotopic (exact) mass is 402 g/mol. The van der Waals surface area contributed by atoms with E-state index in [1.54, 1.807) is 0 Å². The Hall–Kier alpha value is -1.99. The smallest absolute Gasteiger partial charge is 0.231 e. The van der Waals surface area contributed by atoms with Gasteiger partial charge < -0.3 is 24.8 Å². The summed E-state index contributed by atoms with van der Waals surface area (Å²) in [4.78, 5) is 7.10. The maximum absolute atomic E-state index is 5.59. The van der Waals surface area contributed by atoms with Crippen LogP contribution in [0.2, 0.25) is 0 Å². The zero-order chi connectivity index (χ0) is 19.9. The lowest BCUT2D eigenvalue weighted by molar-refractivity contribution is -0.0352. The molecule has 2 aliphatic heterocycles. The quantitative estimate of drug-likeness (QED) is 0.562. The third-order valence-electron chi connectivity index (χ3n) is 6.42. The van der Waals surface area contributed by atoms with E-state index in [2.05, 4.69) is 32.7 Å². The van der Waals surface area contributed by atoms with Gasteiger partial charge in [-0.15, -0.1) is 0 Å². The van der Waals surface area contributed by atoms with Gasteiger partial charge in [-0.3, -0.25) is 9.89 Å². The van der Waals surface area contributed by atoms with Gasteiger partial charge in [-0.25, -0.2) is 0 Å². The molecule has 1 aliphatic carbocycles. The summed E-state index contributed by atoms with van der Waals surface area (Å²) in [5, 5.41) is 7.09. The molecule has 3 aliphatic rings. The zero-order valence-electron chi connectivity index (χ0n) is 17.5. The van der Waals surface area contributed by atoms with Crippen molar-refractivity contribution >= 4 is 5.96 Å². The molecule has 1 aromatic rings. The molecule has 0 spiro atoms. The summed E-state index contributed by atoms with van der Waals surface area (Å²) < 4.78 is 16.4. The van der Waals surface area contributed by atoms with E-state index in [-0.39, 0.29) is 5.54 Å². The predicted molar refractivity (Wildman–Crippen MR) is 114 cm³/mol. The van der Waals surface area contributed by atoms with E-state index in [1.165, 1.54) is 37.7 Å². The average Bonchev–Trinajstić information content (AvgIpc) is 3.25. The number of benzene rings is 1. The Bertz CT molecular complexity index is 697. The summed E-state index contributed by atoms with van der Waals surface area (Å²) >= 11 is 0. The van der Waals surface area contributed by atoms with Gasteiger partial charge in [-0.2, -0.15) is 0 Å². The lowest BCUT2D eigenvalue weighted by atomic mass is 9.80. The van der Waals surface area contributed by atoms with Gasteiger partial charge in [0.25, 0.3) is 0 Å². The number of rotatable bonds is 6. The van der Waals surface area contributed by atoms with E-state index < -0.39 is 0 Å². The molecule has 2 fully saturated rings. The van der Waals surface area contributed by atoms with E-state index >= 15 is 0 Å². The molecular weight excluding hydrogens is 368 g/mol. The molecule has 2 N–H and O–H groups in total. The summed E-state index contributed by atoms with van der Waals surface area (Å²) in [7, 11) is 1.85. The van der Waals surface area contributed by atoms with Crippen LogP contribution >= 0.6 is 0 Å². The number of nitrogens with zero attached hydrogens (tertiary/aromatic N) is 2. The molecule has 2 heterocycles. The second-order valence-corrected chi connectivity index (χ2v) is 8.17. The predicted octanol–water partition coefficient (Wildman–Crippen LogP) is 2.16. The van der Waals surface area contributed by atoms with Crippen LogP contribution in [-0.2, 0) is 11.2 Å². The van der Waals surface area contributed by atoms with Gasteiger partial charge in [-0.05, 0) is 37.0 Å². The van der Waals surface area contributed by atoms with Gasteiger partial charge in [0.15, 0.2) is 17.5 Å². The largest absolute Gasteiger partial charge is 0.454 e. The normalized spacial score (nSPS) is 21.8. The lowest BCUT2D eigenvalue weighted by Crippen LogP contribution is -2.60. The van der Waals surface area contributed by atoms with E-state index in [1.807, 2.05) is 13.1 Å². The molecule has 0 amide bonds. The summed E-state index contributed by atoms with van der Waals surface area (Å²) in [6.07, 6.45) is 7.41. The van der Waals surface area contributed by atoms with Crippen molar-refractivity contribution < 1.29 is 14.2 Å². The van der Waals surface area contributed by atoms with Crippen LogP contribution in [0.1, 0.15) is 37.7 Å². The second-order valence-electron chi connectivity index (χ2n) is 8.17. The first kappa shape index (κ1) is 20.3. The number of aliphatic imine (C=N–C) groups is 1. The number of fused-ring (bicyclic) bond motifs is 1. The van der Waals surface area contributed by atoms with Gasteiger partial charge in [0, 0.05) is 38.8 Å².